The standard InChI is InChI=1S/C19H15ClF3N3O5/c1-29-17(27)18(28,9-26-11-24-10-25-26)15-7-6-14(8-16(15)20)30-12-2-4-13(5-3-12)31-19(21,22)23/h2-8,10-11,28H,9H2,1H3. The Hall–Kier alpha value is -3.31. The van der Waals surface area contributed by atoms with Crippen LogP contribution in [0.3, 0.4) is 0 Å². The first-order chi connectivity index (χ1) is 14.6. The third-order valence-corrected chi connectivity index (χ3v) is 4.37. The highest BCUT2D eigenvalue weighted by Gasteiger charge is 2.42. The van der Waals surface area contributed by atoms with Gasteiger partial charge in [-0.3, -0.25) is 0 Å². The van der Waals surface area contributed by atoms with E-state index < -0.39 is 23.7 Å². The summed E-state index contributed by atoms with van der Waals surface area (Å²) in [4.78, 5) is 16.1. The molecule has 2 aromatic carbocycles. The molecule has 8 nitrogen and oxygen atoms in total. The minimum absolute atomic E-state index is 0.0115. The Labute approximate surface area is 178 Å². The van der Waals surface area contributed by atoms with Crippen LogP contribution >= 0.6 is 11.6 Å². The number of benzene rings is 2. The summed E-state index contributed by atoms with van der Waals surface area (Å²) >= 11 is 6.28. The molecule has 1 N–H and O–H groups in total. The van der Waals surface area contributed by atoms with Crippen molar-refractivity contribution in [1.29, 1.82) is 0 Å². The normalized spacial score (nSPS) is 13.4. The molecule has 0 fully saturated rings. The summed E-state index contributed by atoms with van der Waals surface area (Å²) in [6.07, 6.45) is -2.25. The van der Waals surface area contributed by atoms with Gasteiger partial charge in [-0.05, 0) is 36.4 Å². The second-order valence-corrected chi connectivity index (χ2v) is 6.62. The molecule has 1 atom stereocenters. The Bertz CT molecular complexity index is 1040. The highest BCUT2D eigenvalue weighted by molar-refractivity contribution is 6.31. The summed E-state index contributed by atoms with van der Waals surface area (Å²) in [7, 11) is 1.12. The van der Waals surface area contributed by atoms with E-state index in [2.05, 4.69) is 14.8 Å². The van der Waals surface area contributed by atoms with Gasteiger partial charge in [-0.1, -0.05) is 17.7 Å². The molecule has 12 heteroatoms. The van der Waals surface area contributed by atoms with Crippen molar-refractivity contribution in [2.24, 2.45) is 0 Å². The summed E-state index contributed by atoms with van der Waals surface area (Å²) in [5.41, 5.74) is -2.12. The third kappa shape index (κ3) is 5.44. The van der Waals surface area contributed by atoms with Crippen LogP contribution in [0.2, 0.25) is 5.02 Å². The van der Waals surface area contributed by atoms with Crippen LogP contribution in [0.4, 0.5) is 13.2 Å². The third-order valence-electron chi connectivity index (χ3n) is 4.06. The Morgan fingerprint density at radius 2 is 1.77 bits per heavy atom. The fourth-order valence-electron chi connectivity index (χ4n) is 2.72. The Morgan fingerprint density at radius 3 is 2.32 bits per heavy atom. The van der Waals surface area contributed by atoms with E-state index in [1.165, 1.54) is 47.7 Å². The number of rotatable bonds is 7. The van der Waals surface area contributed by atoms with Crippen molar-refractivity contribution in [3.8, 4) is 17.2 Å². The summed E-state index contributed by atoms with van der Waals surface area (Å²) in [5.74, 6) is -0.932. The number of carbonyl (C=O) groups is 1. The van der Waals surface area contributed by atoms with Gasteiger partial charge >= 0.3 is 12.3 Å². The van der Waals surface area contributed by atoms with Gasteiger partial charge in [-0.2, -0.15) is 5.10 Å². The molecule has 0 aliphatic heterocycles. The van der Waals surface area contributed by atoms with Gasteiger partial charge in [0.2, 0.25) is 5.60 Å². The lowest BCUT2D eigenvalue weighted by molar-refractivity contribution is -0.274. The average molecular weight is 458 g/mol. The topological polar surface area (TPSA) is 95.7 Å². The van der Waals surface area contributed by atoms with Crippen LogP contribution in [-0.4, -0.2) is 39.3 Å². The minimum atomic E-state index is -4.80. The van der Waals surface area contributed by atoms with Crippen molar-refractivity contribution in [3.05, 3.63) is 65.7 Å². The maximum absolute atomic E-state index is 12.3. The Kier molecular flexibility index (Phi) is 6.37. The predicted molar refractivity (Wildman–Crippen MR) is 101 cm³/mol. The Balaban J connectivity index is 1.82. The van der Waals surface area contributed by atoms with E-state index in [4.69, 9.17) is 21.1 Å². The zero-order valence-electron chi connectivity index (χ0n) is 15.8. The molecule has 0 radical (unpaired) electrons. The van der Waals surface area contributed by atoms with Crippen molar-refractivity contribution in [2.45, 2.75) is 18.5 Å². The van der Waals surface area contributed by atoms with E-state index in [1.807, 2.05) is 0 Å². The lowest BCUT2D eigenvalue weighted by Crippen LogP contribution is -2.41. The molecular weight excluding hydrogens is 443 g/mol. The van der Waals surface area contributed by atoms with Gasteiger partial charge in [-0.15, -0.1) is 13.2 Å². The van der Waals surface area contributed by atoms with Crippen molar-refractivity contribution in [3.63, 3.8) is 0 Å². The number of methoxy groups -OCH3 is 1. The molecule has 0 bridgehead atoms. The number of alkyl halides is 3. The predicted octanol–water partition coefficient (Wildman–Crippen LogP) is 3.68. The van der Waals surface area contributed by atoms with Crippen LogP contribution < -0.4 is 9.47 Å². The monoisotopic (exact) mass is 457 g/mol. The van der Waals surface area contributed by atoms with E-state index in [-0.39, 0.29) is 28.6 Å². The largest absolute Gasteiger partial charge is 0.573 e. The van der Waals surface area contributed by atoms with E-state index in [0.29, 0.717) is 0 Å². The van der Waals surface area contributed by atoms with Crippen LogP contribution in [0.5, 0.6) is 17.2 Å². The molecule has 1 aromatic heterocycles. The lowest BCUT2D eigenvalue weighted by Gasteiger charge is -2.26. The number of carbonyl (C=O) groups excluding carboxylic acids is 1. The number of ether oxygens (including phenoxy) is 3. The number of nitrogens with zero attached hydrogens (tertiary/aromatic N) is 3. The maximum atomic E-state index is 12.3. The molecule has 0 saturated carbocycles. The van der Waals surface area contributed by atoms with Crippen LogP contribution in [0.25, 0.3) is 0 Å². The fraction of sp³-hybridized carbons (Fsp3) is 0.211. The minimum Gasteiger partial charge on any atom is -0.467 e. The molecule has 164 valence electrons. The quantitative estimate of drug-likeness (QED) is 0.541. The number of esters is 1. The van der Waals surface area contributed by atoms with Gasteiger partial charge in [0.25, 0.3) is 0 Å². The first kappa shape index (κ1) is 22.4. The van der Waals surface area contributed by atoms with Crippen molar-refractivity contribution < 1.29 is 37.3 Å². The molecule has 3 aromatic rings. The van der Waals surface area contributed by atoms with E-state index in [0.717, 1.165) is 19.2 Å². The van der Waals surface area contributed by atoms with Crippen LogP contribution in [0, 0.1) is 0 Å². The molecule has 0 saturated heterocycles. The second-order valence-electron chi connectivity index (χ2n) is 6.21. The number of hydrogen-bond acceptors (Lipinski definition) is 7. The lowest BCUT2D eigenvalue weighted by atomic mass is 9.93. The first-order valence-corrected chi connectivity index (χ1v) is 8.95. The zero-order valence-corrected chi connectivity index (χ0v) is 16.6. The molecule has 0 spiro atoms. The van der Waals surface area contributed by atoms with Crippen LogP contribution in [0.1, 0.15) is 5.56 Å². The van der Waals surface area contributed by atoms with Gasteiger partial charge in [-0.25, -0.2) is 14.5 Å². The fourth-order valence-corrected chi connectivity index (χ4v) is 3.04. The summed E-state index contributed by atoms with van der Waals surface area (Å²) in [5, 5.41) is 14.9. The average Bonchev–Trinajstić information content (AvgIpc) is 3.20. The summed E-state index contributed by atoms with van der Waals surface area (Å²) in [6, 6.07) is 8.87. The second kappa shape index (κ2) is 8.82. The number of halogens is 4. The smallest absolute Gasteiger partial charge is 0.467 e. The van der Waals surface area contributed by atoms with Gasteiger partial charge in [0.1, 0.15) is 29.9 Å². The molecule has 0 aliphatic carbocycles. The zero-order chi connectivity index (χ0) is 22.6. The van der Waals surface area contributed by atoms with Gasteiger partial charge < -0.3 is 19.3 Å². The van der Waals surface area contributed by atoms with Crippen LogP contribution in [-0.2, 0) is 21.7 Å². The Morgan fingerprint density at radius 1 is 1.13 bits per heavy atom. The first-order valence-electron chi connectivity index (χ1n) is 8.57. The van der Waals surface area contributed by atoms with Gasteiger partial charge in [0.05, 0.1) is 18.7 Å². The van der Waals surface area contributed by atoms with E-state index in [9.17, 15) is 23.1 Å². The van der Waals surface area contributed by atoms with Crippen molar-refractivity contribution in [1.82, 2.24) is 14.8 Å². The molecule has 0 amide bonds. The highest BCUT2D eigenvalue weighted by atomic mass is 35.5. The molecule has 0 aliphatic rings. The van der Waals surface area contributed by atoms with Crippen molar-refractivity contribution >= 4 is 17.6 Å². The van der Waals surface area contributed by atoms with E-state index >= 15 is 0 Å². The molecule has 31 heavy (non-hydrogen) atoms. The number of aliphatic hydroxyl groups is 1. The molecule has 1 heterocycles. The van der Waals surface area contributed by atoms with Crippen LogP contribution in [0.15, 0.2) is 55.1 Å². The highest BCUT2D eigenvalue weighted by Crippen LogP contribution is 2.35. The maximum Gasteiger partial charge on any atom is 0.573 e. The number of aromatic nitrogens is 3. The molecule has 1 unspecified atom stereocenters. The summed E-state index contributed by atoms with van der Waals surface area (Å²) in [6.45, 7) is -0.305. The molecular formula is C19H15ClF3N3O5. The van der Waals surface area contributed by atoms with Gasteiger partial charge in [0.15, 0.2) is 0 Å². The summed E-state index contributed by atoms with van der Waals surface area (Å²) < 4.78 is 52.0. The van der Waals surface area contributed by atoms with Gasteiger partial charge in [0, 0.05) is 5.56 Å². The molecule has 3 rings (SSSR count). The van der Waals surface area contributed by atoms with E-state index in [1.54, 1.807) is 0 Å². The SMILES string of the molecule is COC(=O)C(O)(Cn1cncn1)c1ccc(Oc2ccc(OC(F)(F)F)cc2)cc1Cl. The number of hydrogen-bond donors (Lipinski definition) is 1. The van der Waals surface area contributed by atoms with Crippen molar-refractivity contribution in [2.75, 3.05) is 7.11 Å².